The van der Waals surface area contributed by atoms with E-state index in [1.165, 1.54) is 12.1 Å². The van der Waals surface area contributed by atoms with Gasteiger partial charge in [-0.15, -0.1) is 0 Å². The van der Waals surface area contributed by atoms with Crippen molar-refractivity contribution in [1.29, 1.82) is 0 Å². The molecule has 1 aromatic heterocycles. The first-order valence-electron chi connectivity index (χ1n) is 10.6. The molecule has 3 aromatic rings. The number of benzene rings is 2. The van der Waals surface area contributed by atoms with Crippen LogP contribution >= 0.6 is 0 Å². The largest absolute Gasteiger partial charge is 0.459 e. The van der Waals surface area contributed by atoms with Crippen molar-refractivity contribution < 1.29 is 19.2 Å². The number of hydrogen-bond acceptors (Lipinski definition) is 6. The van der Waals surface area contributed by atoms with Crippen LogP contribution in [0.1, 0.15) is 32.4 Å². The number of urea groups is 1. The number of nitro benzene ring substituents is 1. The molecule has 0 aliphatic carbocycles. The van der Waals surface area contributed by atoms with Crippen molar-refractivity contribution in [1.82, 2.24) is 20.4 Å². The van der Waals surface area contributed by atoms with Gasteiger partial charge in [-0.05, 0) is 45.0 Å². The highest BCUT2D eigenvalue weighted by Gasteiger charge is 2.35. The Labute approximate surface area is 195 Å². The Morgan fingerprint density at radius 2 is 1.82 bits per heavy atom. The molecular formula is C24H23N5O5. The molecule has 0 bridgehead atoms. The first-order chi connectivity index (χ1) is 16.2. The number of nitro groups is 1. The van der Waals surface area contributed by atoms with Crippen LogP contribution in [0.5, 0.6) is 0 Å². The summed E-state index contributed by atoms with van der Waals surface area (Å²) in [5.41, 5.74) is 2.95. The third kappa shape index (κ3) is 4.51. The molecule has 34 heavy (non-hydrogen) atoms. The second-order valence-electron chi connectivity index (χ2n) is 8.04. The third-order valence-corrected chi connectivity index (χ3v) is 5.26. The number of esters is 1. The standard InChI is InChI=1S/C24H23N5O5/c1-14(2)34-23(30)20-15(3)25-24(31)26-22(20)19-13-28(17-7-5-4-6-8-17)27-21(19)16-9-11-18(12-10-16)29(32)33/h4-14,22H,1-3H3,(H2,25,26,31)/t22-/m0/s1. The highest BCUT2D eigenvalue weighted by atomic mass is 16.6. The van der Waals surface area contributed by atoms with E-state index in [1.807, 2.05) is 30.3 Å². The Kier molecular flexibility index (Phi) is 6.13. The van der Waals surface area contributed by atoms with Crippen molar-refractivity contribution in [2.75, 3.05) is 0 Å². The zero-order chi connectivity index (χ0) is 24.4. The molecule has 1 aliphatic heterocycles. The maximum absolute atomic E-state index is 13.0. The van der Waals surface area contributed by atoms with Crippen LogP contribution in [0.4, 0.5) is 10.5 Å². The summed E-state index contributed by atoms with van der Waals surface area (Å²) in [6, 6.07) is 14.0. The topological polar surface area (TPSA) is 128 Å². The summed E-state index contributed by atoms with van der Waals surface area (Å²) in [6.07, 6.45) is 1.38. The number of ether oxygens (including phenoxy) is 1. The quantitative estimate of drug-likeness (QED) is 0.324. The summed E-state index contributed by atoms with van der Waals surface area (Å²) < 4.78 is 7.08. The molecule has 10 nitrogen and oxygen atoms in total. The van der Waals surface area contributed by atoms with E-state index in [0.717, 1.165) is 5.69 Å². The van der Waals surface area contributed by atoms with Gasteiger partial charge in [0, 0.05) is 35.2 Å². The first kappa shape index (κ1) is 22.7. The maximum Gasteiger partial charge on any atom is 0.338 e. The fraction of sp³-hybridized carbons (Fsp3) is 0.208. The van der Waals surface area contributed by atoms with Gasteiger partial charge in [-0.2, -0.15) is 5.10 Å². The molecule has 2 N–H and O–H groups in total. The number of rotatable bonds is 6. The number of allylic oxidation sites excluding steroid dienone is 1. The molecule has 174 valence electrons. The van der Waals surface area contributed by atoms with E-state index in [2.05, 4.69) is 10.6 Å². The molecule has 0 saturated heterocycles. The van der Waals surface area contributed by atoms with Crippen molar-refractivity contribution in [2.24, 2.45) is 0 Å². The lowest BCUT2D eigenvalue weighted by Gasteiger charge is -2.28. The monoisotopic (exact) mass is 461 g/mol. The summed E-state index contributed by atoms with van der Waals surface area (Å²) in [7, 11) is 0. The van der Waals surface area contributed by atoms with Crippen molar-refractivity contribution in [3.05, 3.63) is 87.7 Å². The van der Waals surface area contributed by atoms with Gasteiger partial charge < -0.3 is 15.4 Å². The van der Waals surface area contributed by atoms with E-state index in [0.29, 0.717) is 22.5 Å². The molecule has 0 radical (unpaired) electrons. The smallest absolute Gasteiger partial charge is 0.338 e. The summed E-state index contributed by atoms with van der Waals surface area (Å²) in [6.45, 7) is 5.12. The van der Waals surface area contributed by atoms with E-state index in [9.17, 15) is 19.7 Å². The number of hydrogen-bond donors (Lipinski definition) is 2. The van der Waals surface area contributed by atoms with Gasteiger partial charge in [0.25, 0.3) is 5.69 Å². The number of para-hydroxylation sites is 1. The second kappa shape index (κ2) is 9.18. The average molecular weight is 461 g/mol. The van der Waals surface area contributed by atoms with E-state index < -0.39 is 23.0 Å². The minimum absolute atomic E-state index is 0.0556. The van der Waals surface area contributed by atoms with Gasteiger partial charge >= 0.3 is 12.0 Å². The zero-order valence-corrected chi connectivity index (χ0v) is 18.8. The number of nitrogens with zero attached hydrogens (tertiary/aromatic N) is 3. The lowest BCUT2D eigenvalue weighted by atomic mass is 9.93. The second-order valence-corrected chi connectivity index (χ2v) is 8.04. The van der Waals surface area contributed by atoms with Crippen molar-refractivity contribution in [3.8, 4) is 16.9 Å². The maximum atomic E-state index is 13.0. The molecular weight excluding hydrogens is 438 g/mol. The summed E-state index contributed by atoms with van der Waals surface area (Å²) in [5, 5.41) is 21.2. The summed E-state index contributed by atoms with van der Waals surface area (Å²) >= 11 is 0. The Balaban J connectivity index is 1.88. The van der Waals surface area contributed by atoms with Crippen molar-refractivity contribution >= 4 is 17.7 Å². The van der Waals surface area contributed by atoms with Crippen LogP contribution < -0.4 is 10.6 Å². The highest BCUT2D eigenvalue weighted by Crippen LogP contribution is 2.35. The number of non-ortho nitro benzene ring substituents is 1. The minimum atomic E-state index is -0.845. The van der Waals surface area contributed by atoms with E-state index in [-0.39, 0.29) is 17.4 Å². The molecule has 1 aliphatic rings. The first-order valence-corrected chi connectivity index (χ1v) is 10.6. The van der Waals surface area contributed by atoms with Crippen LogP contribution in [0.25, 0.3) is 16.9 Å². The number of aromatic nitrogens is 2. The van der Waals surface area contributed by atoms with Gasteiger partial charge in [-0.3, -0.25) is 10.1 Å². The molecule has 4 rings (SSSR count). The molecule has 2 heterocycles. The Hall–Kier alpha value is -4.47. The fourth-order valence-corrected chi connectivity index (χ4v) is 3.75. The number of amides is 2. The average Bonchev–Trinajstić information content (AvgIpc) is 3.24. The van der Waals surface area contributed by atoms with E-state index >= 15 is 0 Å². The summed E-state index contributed by atoms with van der Waals surface area (Å²) in [5.74, 6) is -0.563. The van der Waals surface area contributed by atoms with Crippen LogP contribution in [-0.4, -0.2) is 32.8 Å². The van der Waals surface area contributed by atoms with Gasteiger partial charge in [0.2, 0.25) is 0 Å². The number of carbonyl (C=O) groups is 2. The SMILES string of the molecule is CC1=C(C(=O)OC(C)C)[C@H](c2cn(-c3ccccc3)nc2-c2ccc([N+](=O)[O-])cc2)NC(=O)N1. The molecule has 0 saturated carbocycles. The van der Waals surface area contributed by atoms with E-state index in [1.54, 1.807) is 43.8 Å². The number of nitrogens with one attached hydrogen (secondary N) is 2. The van der Waals surface area contributed by atoms with Crippen molar-refractivity contribution in [2.45, 2.75) is 32.9 Å². The molecule has 2 amide bonds. The lowest BCUT2D eigenvalue weighted by Crippen LogP contribution is -2.45. The van der Waals surface area contributed by atoms with Crippen LogP contribution in [0.2, 0.25) is 0 Å². The molecule has 0 unspecified atom stereocenters. The molecule has 0 fully saturated rings. The van der Waals surface area contributed by atoms with Crippen LogP contribution in [0.15, 0.2) is 72.1 Å². The third-order valence-electron chi connectivity index (χ3n) is 5.26. The van der Waals surface area contributed by atoms with Crippen LogP contribution in [0, 0.1) is 10.1 Å². The summed E-state index contributed by atoms with van der Waals surface area (Å²) in [4.78, 5) is 36.0. The van der Waals surface area contributed by atoms with Crippen molar-refractivity contribution in [3.63, 3.8) is 0 Å². The highest BCUT2D eigenvalue weighted by molar-refractivity contribution is 5.95. The predicted octanol–water partition coefficient (Wildman–Crippen LogP) is 4.03. The molecule has 10 heteroatoms. The molecule has 0 spiro atoms. The van der Waals surface area contributed by atoms with Gasteiger partial charge in [0.15, 0.2) is 0 Å². The Morgan fingerprint density at radius 3 is 2.44 bits per heavy atom. The zero-order valence-electron chi connectivity index (χ0n) is 18.8. The fourth-order valence-electron chi connectivity index (χ4n) is 3.75. The van der Waals surface area contributed by atoms with Gasteiger partial charge in [-0.25, -0.2) is 14.3 Å². The Bertz CT molecular complexity index is 1280. The van der Waals surface area contributed by atoms with Crippen LogP contribution in [-0.2, 0) is 9.53 Å². The van der Waals surface area contributed by atoms with Gasteiger partial charge in [-0.1, -0.05) is 18.2 Å². The number of carbonyl (C=O) groups excluding carboxylic acids is 2. The van der Waals surface area contributed by atoms with Gasteiger partial charge in [0.1, 0.15) is 0 Å². The molecule has 2 aromatic carbocycles. The van der Waals surface area contributed by atoms with E-state index in [4.69, 9.17) is 9.84 Å². The van der Waals surface area contributed by atoms with Gasteiger partial charge in [0.05, 0.1) is 34.0 Å². The molecule has 1 atom stereocenters. The minimum Gasteiger partial charge on any atom is -0.459 e. The lowest BCUT2D eigenvalue weighted by molar-refractivity contribution is -0.384. The normalized spacial score (nSPS) is 15.6. The predicted molar refractivity (Wildman–Crippen MR) is 124 cm³/mol. The Morgan fingerprint density at radius 1 is 1.15 bits per heavy atom. The van der Waals surface area contributed by atoms with Crippen LogP contribution in [0.3, 0.4) is 0 Å².